The van der Waals surface area contributed by atoms with Crippen LogP contribution in [0.25, 0.3) is 0 Å². The Kier molecular flexibility index (Phi) is 3.04. The number of piperidine rings is 1. The van der Waals surface area contributed by atoms with Crippen LogP contribution in [0.3, 0.4) is 0 Å². The minimum absolute atomic E-state index is 0.0484. The number of amides is 2. The van der Waals surface area contributed by atoms with Gasteiger partial charge in [-0.2, -0.15) is 0 Å². The Hall–Kier alpha value is -2.04. The minimum atomic E-state index is -0.343. The number of carbonyl (C=O) groups excluding carboxylic acids is 2. The molecule has 2 atom stereocenters. The molecule has 0 unspecified atom stereocenters. The Morgan fingerprint density at radius 3 is 2.84 bits per heavy atom. The molecule has 2 saturated heterocycles. The van der Waals surface area contributed by atoms with E-state index in [1.165, 1.54) is 17.5 Å². The molecule has 2 aliphatic carbocycles. The second-order valence-corrected chi connectivity index (χ2v) is 8.55. The third-order valence-corrected chi connectivity index (χ3v) is 6.88. The minimum Gasteiger partial charge on any atom is -0.447 e. The third kappa shape index (κ3) is 2.28. The van der Waals surface area contributed by atoms with Crippen molar-refractivity contribution >= 4 is 12.0 Å². The molecule has 1 N–H and O–H groups in total. The SMILES string of the molecule is Cc1cccc([C@]23CCN(C(=O)C4CC5(COC(=O)N5)C4)C[C@H]2C3)c1. The number of ether oxygens (including phenoxy) is 1. The van der Waals surface area contributed by atoms with Crippen LogP contribution in [-0.2, 0) is 14.9 Å². The molecule has 1 spiro atoms. The smallest absolute Gasteiger partial charge is 0.407 e. The van der Waals surface area contributed by atoms with Gasteiger partial charge < -0.3 is 15.0 Å². The fourth-order valence-electron chi connectivity index (χ4n) is 5.30. The summed E-state index contributed by atoms with van der Waals surface area (Å²) in [5.41, 5.74) is 2.82. The van der Waals surface area contributed by atoms with Crippen LogP contribution in [0.2, 0.25) is 0 Å². The molecule has 5 rings (SSSR count). The van der Waals surface area contributed by atoms with Gasteiger partial charge in [0.05, 0.1) is 5.54 Å². The highest BCUT2D eigenvalue weighted by molar-refractivity contribution is 5.82. The maximum absolute atomic E-state index is 12.8. The summed E-state index contributed by atoms with van der Waals surface area (Å²) in [6.07, 6.45) is 3.39. The number of hydrogen-bond donors (Lipinski definition) is 1. The Bertz CT molecular complexity index is 755. The number of rotatable bonds is 2. The maximum atomic E-state index is 12.8. The summed E-state index contributed by atoms with van der Waals surface area (Å²) >= 11 is 0. The second kappa shape index (κ2) is 4.99. The van der Waals surface area contributed by atoms with Crippen molar-refractivity contribution in [2.75, 3.05) is 19.7 Å². The lowest BCUT2D eigenvalue weighted by Gasteiger charge is -2.44. The monoisotopic (exact) mass is 340 g/mol. The number of alkyl carbamates (subject to hydrolysis) is 1. The number of cyclic esters (lactones) is 1. The number of hydrogen-bond acceptors (Lipinski definition) is 3. The van der Waals surface area contributed by atoms with Gasteiger partial charge in [0.2, 0.25) is 5.91 Å². The van der Waals surface area contributed by atoms with E-state index in [9.17, 15) is 9.59 Å². The first-order chi connectivity index (χ1) is 12.0. The van der Waals surface area contributed by atoms with Crippen molar-refractivity contribution in [1.82, 2.24) is 10.2 Å². The van der Waals surface area contributed by atoms with Crippen molar-refractivity contribution in [1.29, 1.82) is 0 Å². The molecular weight excluding hydrogens is 316 g/mol. The molecule has 2 aliphatic heterocycles. The van der Waals surface area contributed by atoms with Gasteiger partial charge in [0, 0.05) is 24.4 Å². The molecule has 2 saturated carbocycles. The van der Waals surface area contributed by atoms with Crippen molar-refractivity contribution in [3.05, 3.63) is 35.4 Å². The van der Waals surface area contributed by atoms with E-state index in [2.05, 4.69) is 41.4 Å². The van der Waals surface area contributed by atoms with Crippen LogP contribution in [0, 0.1) is 18.8 Å². The molecule has 0 bridgehead atoms. The number of nitrogens with one attached hydrogen (secondary N) is 1. The zero-order valence-electron chi connectivity index (χ0n) is 14.6. The fourth-order valence-corrected chi connectivity index (χ4v) is 5.30. The quantitative estimate of drug-likeness (QED) is 0.899. The Balaban J connectivity index is 1.22. The molecule has 4 fully saturated rings. The molecule has 5 nitrogen and oxygen atoms in total. The lowest BCUT2D eigenvalue weighted by molar-refractivity contribution is -0.142. The molecule has 2 heterocycles. The van der Waals surface area contributed by atoms with E-state index in [1.54, 1.807) is 0 Å². The predicted octanol–water partition coefficient (Wildman–Crippen LogP) is 2.37. The highest BCUT2D eigenvalue weighted by atomic mass is 16.6. The lowest BCUT2D eigenvalue weighted by atomic mass is 9.68. The van der Waals surface area contributed by atoms with E-state index in [1.807, 2.05) is 0 Å². The van der Waals surface area contributed by atoms with E-state index >= 15 is 0 Å². The number of carbonyl (C=O) groups is 2. The molecule has 1 aromatic rings. The van der Waals surface area contributed by atoms with E-state index in [4.69, 9.17) is 4.74 Å². The second-order valence-electron chi connectivity index (χ2n) is 8.55. The average molecular weight is 340 g/mol. The summed E-state index contributed by atoms with van der Waals surface area (Å²) in [5, 5.41) is 2.87. The van der Waals surface area contributed by atoms with Gasteiger partial charge in [-0.3, -0.25) is 4.79 Å². The molecule has 25 heavy (non-hydrogen) atoms. The first-order valence-electron chi connectivity index (χ1n) is 9.31. The van der Waals surface area contributed by atoms with Gasteiger partial charge in [-0.05, 0) is 44.1 Å². The predicted molar refractivity (Wildman–Crippen MR) is 92.1 cm³/mol. The van der Waals surface area contributed by atoms with Gasteiger partial charge in [0.15, 0.2) is 0 Å². The van der Waals surface area contributed by atoms with Crippen LogP contribution in [0.15, 0.2) is 24.3 Å². The van der Waals surface area contributed by atoms with Crippen LogP contribution in [0.1, 0.15) is 36.8 Å². The highest BCUT2D eigenvalue weighted by Crippen LogP contribution is 2.59. The summed E-state index contributed by atoms with van der Waals surface area (Å²) in [6, 6.07) is 8.87. The van der Waals surface area contributed by atoms with E-state index < -0.39 is 0 Å². The molecule has 0 aromatic heterocycles. The molecule has 2 amide bonds. The summed E-state index contributed by atoms with van der Waals surface area (Å²) in [6.45, 7) is 4.30. The van der Waals surface area contributed by atoms with E-state index in [-0.39, 0.29) is 23.5 Å². The van der Waals surface area contributed by atoms with Crippen molar-refractivity contribution in [2.24, 2.45) is 11.8 Å². The Morgan fingerprint density at radius 2 is 2.16 bits per heavy atom. The molecule has 4 aliphatic rings. The summed E-state index contributed by atoms with van der Waals surface area (Å²) in [5.74, 6) is 0.930. The number of likely N-dealkylation sites (tertiary alicyclic amines) is 1. The van der Waals surface area contributed by atoms with Gasteiger partial charge >= 0.3 is 6.09 Å². The van der Waals surface area contributed by atoms with Crippen molar-refractivity contribution < 1.29 is 14.3 Å². The first-order valence-corrected chi connectivity index (χ1v) is 9.31. The molecule has 132 valence electrons. The van der Waals surface area contributed by atoms with Crippen LogP contribution in [-0.4, -0.2) is 42.1 Å². The third-order valence-electron chi connectivity index (χ3n) is 6.88. The van der Waals surface area contributed by atoms with Gasteiger partial charge in [-0.15, -0.1) is 0 Å². The zero-order chi connectivity index (χ0) is 17.2. The molecule has 1 aromatic carbocycles. The fraction of sp³-hybridized carbons (Fsp3) is 0.600. The van der Waals surface area contributed by atoms with E-state index in [0.717, 1.165) is 32.4 Å². The largest absolute Gasteiger partial charge is 0.447 e. The highest BCUT2D eigenvalue weighted by Gasteiger charge is 2.59. The zero-order valence-corrected chi connectivity index (χ0v) is 14.6. The normalized spacial score (nSPS) is 38.6. The number of aryl methyl sites for hydroxylation is 1. The van der Waals surface area contributed by atoms with Crippen LogP contribution < -0.4 is 5.32 Å². The molecule has 5 heteroatoms. The molecular formula is C20H24N2O3. The van der Waals surface area contributed by atoms with Crippen molar-refractivity contribution in [3.63, 3.8) is 0 Å². The summed E-state index contributed by atoms with van der Waals surface area (Å²) in [7, 11) is 0. The lowest BCUT2D eigenvalue weighted by Crippen LogP contribution is -2.58. The van der Waals surface area contributed by atoms with Gasteiger partial charge in [0.1, 0.15) is 6.61 Å². The Morgan fingerprint density at radius 1 is 1.32 bits per heavy atom. The van der Waals surface area contributed by atoms with Crippen LogP contribution in [0.4, 0.5) is 4.79 Å². The van der Waals surface area contributed by atoms with Crippen LogP contribution >= 0.6 is 0 Å². The van der Waals surface area contributed by atoms with Gasteiger partial charge in [0.25, 0.3) is 0 Å². The number of nitrogens with zero attached hydrogens (tertiary/aromatic N) is 1. The number of benzene rings is 1. The summed E-state index contributed by atoms with van der Waals surface area (Å²) in [4.78, 5) is 26.1. The average Bonchev–Trinajstić information content (AvgIpc) is 3.19. The summed E-state index contributed by atoms with van der Waals surface area (Å²) < 4.78 is 5.00. The van der Waals surface area contributed by atoms with Gasteiger partial charge in [-0.25, -0.2) is 4.79 Å². The van der Waals surface area contributed by atoms with Crippen molar-refractivity contribution in [2.45, 2.75) is 43.6 Å². The maximum Gasteiger partial charge on any atom is 0.407 e. The number of fused-ring (bicyclic) bond motifs is 1. The Labute approximate surface area is 147 Å². The molecule has 0 radical (unpaired) electrons. The first kappa shape index (κ1) is 15.2. The van der Waals surface area contributed by atoms with Gasteiger partial charge in [-0.1, -0.05) is 29.8 Å². The standard InChI is InChI=1S/C20H24N2O3/c1-13-3-2-4-15(7-13)20-5-6-22(11-16(20)10-20)17(23)14-8-19(9-14)12-25-18(24)21-19/h2-4,7,14,16H,5-6,8-12H2,1H3,(H,21,24)/t14?,16-,19?,20-/m1/s1. The van der Waals surface area contributed by atoms with Crippen molar-refractivity contribution in [3.8, 4) is 0 Å². The van der Waals surface area contributed by atoms with Crippen LogP contribution in [0.5, 0.6) is 0 Å². The topological polar surface area (TPSA) is 58.6 Å². The van der Waals surface area contributed by atoms with E-state index in [0.29, 0.717) is 17.9 Å².